The van der Waals surface area contributed by atoms with Crippen LogP contribution in [0.3, 0.4) is 0 Å². The first-order chi connectivity index (χ1) is 23.0. The predicted molar refractivity (Wildman–Crippen MR) is 177 cm³/mol. The number of anilines is 2. The van der Waals surface area contributed by atoms with Crippen molar-refractivity contribution in [3.8, 4) is 11.5 Å². The van der Waals surface area contributed by atoms with Crippen molar-refractivity contribution >= 4 is 34.2 Å². The number of nitrogens with two attached hydrogens (primary N) is 1. The van der Waals surface area contributed by atoms with E-state index in [9.17, 15) is 27.6 Å². The average molecular weight is 670 g/mol. The number of ether oxygens (including phenoxy) is 2. The molecule has 1 fully saturated rings. The first-order valence-electron chi connectivity index (χ1n) is 15.3. The number of carbonyl (C=O) groups is 2. The molecule has 3 aromatic carbocycles. The fraction of sp³-hybridized carbons (Fsp3) is 0.333. The molecule has 4 aromatic rings. The maximum atomic E-state index is 14.5. The summed E-state index contributed by atoms with van der Waals surface area (Å²) in [7, 11) is 2.88. The van der Waals surface area contributed by atoms with Gasteiger partial charge in [-0.15, -0.1) is 0 Å². The summed E-state index contributed by atoms with van der Waals surface area (Å²) >= 11 is 0. The molecule has 0 radical (unpaired) electrons. The Balaban J connectivity index is 0.00000541. The molecule has 1 unspecified atom stereocenters. The zero-order valence-corrected chi connectivity index (χ0v) is 26.9. The van der Waals surface area contributed by atoms with Crippen molar-refractivity contribution < 1.29 is 33.7 Å². The number of hydrogen-bond donors (Lipinski definition) is 2. The molecule has 1 saturated heterocycles. The van der Waals surface area contributed by atoms with Gasteiger partial charge in [0.2, 0.25) is 5.91 Å². The first-order valence-corrected chi connectivity index (χ1v) is 15.3. The molecule has 5 rings (SSSR count). The number of fused-ring (bicyclic) bond motifs is 1. The molecule has 2 heterocycles. The van der Waals surface area contributed by atoms with Crippen LogP contribution in [0.1, 0.15) is 33.6 Å². The van der Waals surface area contributed by atoms with E-state index in [1.165, 1.54) is 48.1 Å². The Labute approximate surface area is 275 Å². The molecular formula is C33H38F3N7O5. The molecule has 3 amide bonds. The van der Waals surface area contributed by atoms with Crippen molar-refractivity contribution in [1.29, 1.82) is 0 Å². The van der Waals surface area contributed by atoms with Crippen molar-refractivity contribution in [2.75, 3.05) is 55.6 Å². The minimum absolute atomic E-state index is 0. The van der Waals surface area contributed by atoms with Gasteiger partial charge in [-0.25, -0.2) is 27.6 Å². The van der Waals surface area contributed by atoms with E-state index in [1.54, 1.807) is 35.0 Å². The van der Waals surface area contributed by atoms with Gasteiger partial charge in [-0.2, -0.15) is 0 Å². The fourth-order valence-electron chi connectivity index (χ4n) is 5.57. The minimum Gasteiger partial charge on any atom is -0.497 e. The maximum Gasteiger partial charge on any atom is 0.327 e. The van der Waals surface area contributed by atoms with Gasteiger partial charge in [0.05, 0.1) is 56.0 Å². The number of benzene rings is 3. The van der Waals surface area contributed by atoms with Crippen molar-refractivity contribution in [1.82, 2.24) is 14.6 Å². The molecule has 256 valence electrons. The van der Waals surface area contributed by atoms with E-state index in [1.807, 2.05) is 6.92 Å². The number of carbonyl (C=O) groups excluding carboxylic acids is 2. The monoisotopic (exact) mass is 669 g/mol. The molecule has 0 saturated carbocycles. The van der Waals surface area contributed by atoms with Gasteiger partial charge in [0, 0.05) is 32.3 Å². The summed E-state index contributed by atoms with van der Waals surface area (Å²) in [5.74, 6) is -2.46. The highest BCUT2D eigenvalue weighted by Crippen LogP contribution is 2.37. The Morgan fingerprint density at radius 1 is 1.00 bits per heavy atom. The molecular weight excluding hydrogens is 631 g/mol. The van der Waals surface area contributed by atoms with E-state index in [0.717, 1.165) is 12.1 Å². The van der Waals surface area contributed by atoms with Gasteiger partial charge in [-0.3, -0.25) is 14.5 Å². The van der Waals surface area contributed by atoms with E-state index in [0.29, 0.717) is 12.2 Å². The normalized spacial score (nSPS) is 14.4. The number of piperazine rings is 1. The minimum atomic E-state index is -1.22. The highest BCUT2D eigenvalue weighted by molar-refractivity contribution is 6.03. The molecule has 1 aliphatic heterocycles. The van der Waals surface area contributed by atoms with Gasteiger partial charge in [-0.05, 0) is 55.8 Å². The van der Waals surface area contributed by atoms with Crippen LogP contribution >= 0.6 is 0 Å². The Morgan fingerprint density at radius 2 is 1.67 bits per heavy atom. The number of rotatable bonds is 9. The number of nitrogens with zero attached hydrogens (tertiary/aromatic N) is 5. The number of methoxy groups -OCH3 is 2. The predicted octanol–water partition coefficient (Wildman–Crippen LogP) is 4.39. The lowest BCUT2D eigenvalue weighted by Crippen LogP contribution is -2.58. The summed E-state index contributed by atoms with van der Waals surface area (Å²) in [5.41, 5.74) is 5.67. The zero-order valence-electron chi connectivity index (χ0n) is 26.9. The largest absolute Gasteiger partial charge is 0.497 e. The number of urea groups is 1. The standard InChI is InChI=1S/C33H36F3N7O5.H2/c1-5-26(37)32(45)40-12-14-41(15-13-40)43-30(39-27-18-25(36)24(35)17-23(27)31(43)44)19(2)42(28-11-10-22(47-3)16-29(28)48-4)33(46)38-21-8-6-20(34)7-9-21;/h6-11,16-19,26H,5,12-15,37H2,1-4H3,(H,38,46);1H/t19?,26-;/m0./s1. The van der Waals surface area contributed by atoms with E-state index < -0.39 is 41.1 Å². The number of nitrogens with one attached hydrogen (secondary N) is 1. The van der Waals surface area contributed by atoms with Crippen molar-refractivity contribution in [2.24, 2.45) is 5.73 Å². The second-order valence-corrected chi connectivity index (χ2v) is 11.2. The quantitative estimate of drug-likeness (QED) is 0.268. The smallest absolute Gasteiger partial charge is 0.327 e. The maximum absolute atomic E-state index is 14.5. The summed E-state index contributed by atoms with van der Waals surface area (Å²) < 4.78 is 54.7. The van der Waals surface area contributed by atoms with Crippen molar-refractivity contribution in [2.45, 2.75) is 32.4 Å². The van der Waals surface area contributed by atoms with Crippen LogP contribution in [0.5, 0.6) is 11.5 Å². The Bertz CT molecular complexity index is 1890. The van der Waals surface area contributed by atoms with Crippen LogP contribution in [0, 0.1) is 17.5 Å². The zero-order chi connectivity index (χ0) is 34.7. The van der Waals surface area contributed by atoms with Crippen molar-refractivity contribution in [3.63, 3.8) is 0 Å². The molecule has 12 nitrogen and oxygen atoms in total. The molecule has 48 heavy (non-hydrogen) atoms. The fourth-order valence-corrected chi connectivity index (χ4v) is 5.57. The van der Waals surface area contributed by atoms with Gasteiger partial charge in [0.1, 0.15) is 17.3 Å². The van der Waals surface area contributed by atoms with Gasteiger partial charge in [-0.1, -0.05) is 6.92 Å². The van der Waals surface area contributed by atoms with Gasteiger partial charge in [0.25, 0.3) is 5.56 Å². The Hall–Kier alpha value is -5.31. The summed E-state index contributed by atoms with van der Waals surface area (Å²) in [4.78, 5) is 48.6. The van der Waals surface area contributed by atoms with Crippen LogP contribution in [0.2, 0.25) is 0 Å². The van der Waals surface area contributed by atoms with Crippen LogP contribution in [-0.4, -0.2) is 72.9 Å². The third kappa shape index (κ3) is 6.72. The van der Waals surface area contributed by atoms with Gasteiger partial charge in [0.15, 0.2) is 17.5 Å². The average Bonchev–Trinajstić information content (AvgIpc) is 3.09. The molecule has 0 bridgehead atoms. The SMILES string of the molecule is CC[C@H](N)C(=O)N1CCN(n2c(C(C)N(C(=O)Nc3ccc(F)cc3)c3ccc(OC)cc3OC)nc3cc(F)c(F)cc3c2=O)CC1.[HH]. The molecule has 0 aliphatic carbocycles. The lowest BCUT2D eigenvalue weighted by Gasteiger charge is -2.39. The third-order valence-electron chi connectivity index (χ3n) is 8.24. The van der Waals surface area contributed by atoms with E-state index in [4.69, 9.17) is 15.2 Å². The Morgan fingerprint density at radius 3 is 2.29 bits per heavy atom. The van der Waals surface area contributed by atoms with Crippen LogP contribution < -0.4 is 36.0 Å². The second kappa shape index (κ2) is 14.2. The highest BCUT2D eigenvalue weighted by Gasteiger charge is 2.33. The van der Waals surface area contributed by atoms with Crippen LogP contribution in [0.4, 0.5) is 29.3 Å². The number of hydrogen-bond acceptors (Lipinski definition) is 8. The molecule has 15 heteroatoms. The molecule has 1 aliphatic rings. The molecule has 2 atom stereocenters. The summed E-state index contributed by atoms with van der Waals surface area (Å²) in [6.45, 7) is 4.22. The first kappa shape index (κ1) is 34.0. The lowest BCUT2D eigenvalue weighted by molar-refractivity contribution is -0.133. The molecule has 0 spiro atoms. The molecule has 3 N–H and O–H groups in total. The van der Waals surface area contributed by atoms with E-state index >= 15 is 0 Å². The summed E-state index contributed by atoms with van der Waals surface area (Å²) in [6.07, 6.45) is 0.460. The number of amides is 3. The van der Waals surface area contributed by atoms with Crippen LogP contribution in [-0.2, 0) is 4.79 Å². The number of halogens is 3. The van der Waals surface area contributed by atoms with E-state index in [2.05, 4.69) is 10.3 Å². The molecule has 1 aromatic heterocycles. The van der Waals surface area contributed by atoms with E-state index in [-0.39, 0.29) is 67.4 Å². The summed E-state index contributed by atoms with van der Waals surface area (Å²) in [5, 5.41) is 4.20. The Kier molecular flexibility index (Phi) is 10.1. The highest BCUT2D eigenvalue weighted by atomic mass is 19.2. The van der Waals surface area contributed by atoms with Gasteiger partial charge >= 0.3 is 6.03 Å². The van der Waals surface area contributed by atoms with Crippen molar-refractivity contribution in [3.05, 3.63) is 88.2 Å². The second-order valence-electron chi connectivity index (χ2n) is 11.2. The summed E-state index contributed by atoms with van der Waals surface area (Å²) in [6, 6.07) is 9.08. The lowest BCUT2D eigenvalue weighted by atomic mass is 10.1. The van der Waals surface area contributed by atoms with Gasteiger partial charge < -0.3 is 30.4 Å². The van der Waals surface area contributed by atoms with Crippen LogP contribution in [0.25, 0.3) is 10.9 Å². The number of aromatic nitrogens is 2. The topological polar surface area (TPSA) is 135 Å². The van der Waals surface area contributed by atoms with Crippen LogP contribution in [0.15, 0.2) is 59.4 Å². The third-order valence-corrected chi connectivity index (χ3v) is 8.24.